The average Bonchev–Trinajstić information content (AvgIpc) is 3.09. The number of anilines is 1. The molecule has 1 amide bonds. The second kappa shape index (κ2) is 6.90. The van der Waals surface area contributed by atoms with Crippen molar-refractivity contribution in [2.75, 3.05) is 5.73 Å². The first-order valence-electron chi connectivity index (χ1n) is 7.86. The summed E-state index contributed by atoms with van der Waals surface area (Å²) in [5.74, 6) is -1.35. The van der Waals surface area contributed by atoms with E-state index in [1.54, 1.807) is 4.90 Å². The van der Waals surface area contributed by atoms with E-state index in [2.05, 4.69) is 9.97 Å². The topological polar surface area (TPSA) is 72.1 Å². The largest absolute Gasteiger partial charge is 0.383 e. The highest BCUT2D eigenvalue weighted by Crippen LogP contribution is 2.28. The van der Waals surface area contributed by atoms with Crippen LogP contribution in [0.25, 0.3) is 0 Å². The third-order valence-electron chi connectivity index (χ3n) is 4.35. The smallest absolute Gasteiger partial charge is 0.259 e. The van der Waals surface area contributed by atoms with Crippen molar-refractivity contribution in [2.45, 2.75) is 38.3 Å². The van der Waals surface area contributed by atoms with Crippen molar-refractivity contribution >= 4 is 11.7 Å². The number of nitrogens with zero attached hydrogens (tertiary/aromatic N) is 3. The maximum atomic E-state index is 14.0. The molecule has 0 bridgehead atoms. The summed E-state index contributed by atoms with van der Waals surface area (Å²) in [6.07, 6.45) is 6.28. The Morgan fingerprint density at radius 2 is 2.04 bits per heavy atom. The molecule has 1 aromatic heterocycles. The van der Waals surface area contributed by atoms with Gasteiger partial charge in [-0.05, 0) is 31.0 Å². The van der Waals surface area contributed by atoms with Gasteiger partial charge in [0.05, 0.1) is 0 Å². The lowest BCUT2D eigenvalue weighted by Gasteiger charge is -2.29. The molecule has 3 rings (SSSR count). The van der Waals surface area contributed by atoms with Gasteiger partial charge in [0, 0.05) is 24.3 Å². The number of aromatic nitrogens is 2. The minimum atomic E-state index is -0.538. The first kappa shape index (κ1) is 16.3. The third kappa shape index (κ3) is 3.34. The van der Waals surface area contributed by atoms with Crippen LogP contribution < -0.4 is 5.73 Å². The summed E-state index contributed by atoms with van der Waals surface area (Å²) < 4.78 is 27.5. The minimum Gasteiger partial charge on any atom is -0.383 e. The molecule has 24 heavy (non-hydrogen) atoms. The van der Waals surface area contributed by atoms with E-state index in [0.29, 0.717) is 0 Å². The second-order valence-electron chi connectivity index (χ2n) is 5.93. The number of nitrogens with two attached hydrogens (primary N) is 1. The van der Waals surface area contributed by atoms with Crippen LogP contribution in [0.15, 0.2) is 30.7 Å². The fourth-order valence-electron chi connectivity index (χ4n) is 3.09. The molecular formula is C17H18F2N4O. The second-order valence-corrected chi connectivity index (χ2v) is 5.93. The Kier molecular flexibility index (Phi) is 4.69. The number of nitrogen functional groups attached to an aromatic ring is 1. The lowest BCUT2D eigenvalue weighted by atomic mass is 10.1. The third-order valence-corrected chi connectivity index (χ3v) is 4.35. The summed E-state index contributed by atoms with van der Waals surface area (Å²) in [5.41, 5.74) is 6.10. The normalized spacial score (nSPS) is 14.8. The van der Waals surface area contributed by atoms with Crippen LogP contribution in [0.1, 0.15) is 41.6 Å². The molecule has 0 saturated heterocycles. The first-order valence-corrected chi connectivity index (χ1v) is 7.86. The van der Waals surface area contributed by atoms with Crippen molar-refractivity contribution < 1.29 is 13.6 Å². The summed E-state index contributed by atoms with van der Waals surface area (Å²) >= 11 is 0. The number of amides is 1. The molecule has 0 spiro atoms. The predicted molar refractivity (Wildman–Crippen MR) is 84.9 cm³/mol. The van der Waals surface area contributed by atoms with E-state index in [1.807, 2.05) is 0 Å². The van der Waals surface area contributed by atoms with Crippen LogP contribution in [-0.4, -0.2) is 26.8 Å². The Bertz CT molecular complexity index is 747. The number of hydrogen-bond donors (Lipinski definition) is 1. The van der Waals surface area contributed by atoms with Crippen molar-refractivity contribution in [3.63, 3.8) is 0 Å². The zero-order valence-corrected chi connectivity index (χ0v) is 13.1. The Morgan fingerprint density at radius 3 is 2.75 bits per heavy atom. The standard InChI is InChI=1S/C17H18F2N4O/c18-12-5-6-15(19)11(7-12)9-23(13-3-1-2-4-13)17(24)14-8-21-10-22-16(14)20/h5-8,10,13H,1-4,9H2,(H2,20,21,22). The molecule has 1 saturated carbocycles. The van der Waals surface area contributed by atoms with Crippen molar-refractivity contribution in [3.05, 3.63) is 53.5 Å². The molecule has 126 valence electrons. The van der Waals surface area contributed by atoms with Gasteiger partial charge in [0.25, 0.3) is 5.91 Å². The number of rotatable bonds is 4. The summed E-state index contributed by atoms with van der Waals surface area (Å²) in [7, 11) is 0. The van der Waals surface area contributed by atoms with E-state index < -0.39 is 11.6 Å². The van der Waals surface area contributed by atoms with Crippen LogP contribution in [0.5, 0.6) is 0 Å². The molecule has 2 aromatic rings. The quantitative estimate of drug-likeness (QED) is 0.934. The van der Waals surface area contributed by atoms with Crippen LogP contribution in [0.2, 0.25) is 0 Å². The van der Waals surface area contributed by atoms with Gasteiger partial charge in [0.15, 0.2) is 0 Å². The van der Waals surface area contributed by atoms with Gasteiger partial charge < -0.3 is 10.6 Å². The van der Waals surface area contributed by atoms with E-state index in [4.69, 9.17) is 5.73 Å². The lowest BCUT2D eigenvalue weighted by molar-refractivity contribution is 0.0662. The maximum Gasteiger partial charge on any atom is 0.259 e. The zero-order chi connectivity index (χ0) is 17.1. The molecule has 1 heterocycles. The van der Waals surface area contributed by atoms with Gasteiger partial charge in [0.2, 0.25) is 0 Å². The van der Waals surface area contributed by atoms with E-state index in [0.717, 1.165) is 43.9 Å². The van der Waals surface area contributed by atoms with Crippen LogP contribution in [0, 0.1) is 11.6 Å². The number of benzene rings is 1. The summed E-state index contributed by atoms with van der Waals surface area (Å²) in [6.45, 7) is -0.0125. The molecule has 1 aliphatic carbocycles. The molecule has 2 N–H and O–H groups in total. The fourth-order valence-corrected chi connectivity index (χ4v) is 3.09. The highest BCUT2D eigenvalue weighted by molar-refractivity contribution is 5.98. The molecule has 0 unspecified atom stereocenters. The Balaban J connectivity index is 1.93. The van der Waals surface area contributed by atoms with Crippen LogP contribution in [0.4, 0.5) is 14.6 Å². The molecule has 1 aliphatic rings. The number of halogens is 2. The van der Waals surface area contributed by atoms with Crippen molar-refractivity contribution in [2.24, 2.45) is 0 Å². The molecule has 7 heteroatoms. The molecule has 0 aliphatic heterocycles. The van der Waals surface area contributed by atoms with E-state index >= 15 is 0 Å². The van der Waals surface area contributed by atoms with E-state index in [1.165, 1.54) is 12.5 Å². The van der Waals surface area contributed by atoms with Crippen molar-refractivity contribution in [1.82, 2.24) is 14.9 Å². The summed E-state index contributed by atoms with van der Waals surface area (Å²) in [6, 6.07) is 3.22. The van der Waals surface area contributed by atoms with Crippen LogP contribution in [0.3, 0.4) is 0 Å². The van der Waals surface area contributed by atoms with Crippen molar-refractivity contribution in [1.29, 1.82) is 0 Å². The molecule has 5 nitrogen and oxygen atoms in total. The SMILES string of the molecule is Nc1ncncc1C(=O)N(Cc1cc(F)ccc1F)C1CCCC1. The van der Waals surface area contributed by atoms with Crippen LogP contribution >= 0.6 is 0 Å². The Labute approximate surface area is 138 Å². The first-order chi connectivity index (χ1) is 11.6. The van der Waals surface area contributed by atoms with E-state index in [9.17, 15) is 13.6 Å². The van der Waals surface area contributed by atoms with Gasteiger partial charge in [0.1, 0.15) is 29.3 Å². The predicted octanol–water partition coefficient (Wildman–Crippen LogP) is 2.92. The highest BCUT2D eigenvalue weighted by atomic mass is 19.1. The zero-order valence-electron chi connectivity index (χ0n) is 13.1. The van der Waals surface area contributed by atoms with Crippen LogP contribution in [-0.2, 0) is 6.54 Å². The molecule has 1 aromatic carbocycles. The van der Waals surface area contributed by atoms with Gasteiger partial charge >= 0.3 is 0 Å². The maximum absolute atomic E-state index is 14.0. The number of carbonyl (C=O) groups excluding carboxylic acids is 1. The minimum absolute atomic E-state index is 0.0125. The van der Waals surface area contributed by atoms with Gasteiger partial charge in [-0.15, -0.1) is 0 Å². The molecule has 1 fully saturated rings. The summed E-state index contributed by atoms with van der Waals surface area (Å²) in [5, 5.41) is 0. The van der Waals surface area contributed by atoms with E-state index in [-0.39, 0.29) is 35.4 Å². The Morgan fingerprint density at radius 1 is 1.29 bits per heavy atom. The van der Waals surface area contributed by atoms with Gasteiger partial charge in [-0.1, -0.05) is 12.8 Å². The fraction of sp³-hybridized carbons (Fsp3) is 0.353. The summed E-state index contributed by atoms with van der Waals surface area (Å²) in [4.78, 5) is 22.1. The lowest BCUT2D eigenvalue weighted by Crippen LogP contribution is -2.39. The van der Waals surface area contributed by atoms with Crippen molar-refractivity contribution in [3.8, 4) is 0 Å². The molecular weight excluding hydrogens is 314 g/mol. The monoisotopic (exact) mass is 332 g/mol. The average molecular weight is 332 g/mol. The van der Waals surface area contributed by atoms with Gasteiger partial charge in [-0.3, -0.25) is 4.79 Å². The molecule has 0 radical (unpaired) electrons. The highest BCUT2D eigenvalue weighted by Gasteiger charge is 2.29. The number of carbonyl (C=O) groups is 1. The molecule has 0 atom stereocenters. The van der Waals surface area contributed by atoms with Gasteiger partial charge in [-0.25, -0.2) is 18.7 Å². The van der Waals surface area contributed by atoms with Gasteiger partial charge in [-0.2, -0.15) is 0 Å². The number of hydrogen-bond acceptors (Lipinski definition) is 4. The Hall–Kier alpha value is -2.57.